The smallest absolute Gasteiger partial charge is 0.00852 e. The predicted octanol–water partition coefficient (Wildman–Crippen LogP) is 2.50. The van der Waals surface area contributed by atoms with E-state index in [-0.39, 0.29) is 0 Å². The molecule has 0 fully saturated rings. The maximum atomic E-state index is 4.12. The Hall–Kier alpha value is -1.56. The molecule has 0 saturated heterocycles. The van der Waals surface area contributed by atoms with E-state index in [0.29, 0.717) is 0 Å². The van der Waals surface area contributed by atoms with E-state index >= 15 is 0 Å². The number of fused-ring (bicyclic) bond motifs is 1. The summed E-state index contributed by atoms with van der Waals surface area (Å²) in [6.45, 7) is 10.1. The molecular weight excluding hydrogens is 192 g/mol. The molecule has 1 aromatic rings. The third kappa shape index (κ3) is 1.76. The lowest BCUT2D eigenvalue weighted by molar-refractivity contribution is 1.04. The zero-order chi connectivity index (χ0) is 11.5. The summed E-state index contributed by atoms with van der Waals surface area (Å²) in [5.41, 5.74) is 4.27. The van der Waals surface area contributed by atoms with Crippen LogP contribution in [0.2, 0.25) is 0 Å². The van der Waals surface area contributed by atoms with Crippen LogP contribution in [0.1, 0.15) is 24.5 Å². The molecule has 0 aromatic heterocycles. The van der Waals surface area contributed by atoms with Crippen LogP contribution in [-0.2, 0) is 12.8 Å². The first-order valence-electron chi connectivity index (χ1n) is 5.88. The van der Waals surface area contributed by atoms with Gasteiger partial charge in [0.25, 0.3) is 0 Å². The van der Waals surface area contributed by atoms with Gasteiger partial charge in [0.1, 0.15) is 0 Å². The molecule has 0 radical (unpaired) electrons. The summed E-state index contributed by atoms with van der Waals surface area (Å²) in [6, 6.07) is 4.35. The Morgan fingerprint density at radius 1 is 1.38 bits per heavy atom. The Kier molecular flexibility index (Phi) is 3.09. The summed E-state index contributed by atoms with van der Waals surface area (Å²) in [5.74, 6) is 0. The largest absolute Gasteiger partial charge is 0.103 e. The van der Waals surface area contributed by atoms with Crippen molar-refractivity contribution in [2.24, 2.45) is 0 Å². The van der Waals surface area contributed by atoms with Crippen molar-refractivity contribution >= 4 is 12.2 Å². The number of benzene rings is 1. The van der Waals surface area contributed by atoms with Crippen LogP contribution >= 0.6 is 0 Å². The van der Waals surface area contributed by atoms with E-state index < -0.39 is 0 Å². The number of allylic oxidation sites excluding steroid dienone is 3. The minimum absolute atomic E-state index is 0.948. The van der Waals surface area contributed by atoms with E-state index in [0.717, 1.165) is 19.3 Å². The van der Waals surface area contributed by atoms with Crippen LogP contribution in [0.5, 0.6) is 0 Å². The molecule has 0 saturated carbocycles. The van der Waals surface area contributed by atoms with Crippen molar-refractivity contribution in [3.63, 3.8) is 0 Å². The highest BCUT2D eigenvalue weighted by Gasteiger charge is 2.08. The summed E-state index contributed by atoms with van der Waals surface area (Å²) in [7, 11) is 0. The van der Waals surface area contributed by atoms with Crippen molar-refractivity contribution in [3.05, 3.63) is 58.5 Å². The Balaban J connectivity index is 2.76. The molecule has 0 bridgehead atoms. The lowest BCUT2D eigenvalue weighted by Crippen LogP contribution is -2.23. The lowest BCUT2D eigenvalue weighted by atomic mass is 9.91. The van der Waals surface area contributed by atoms with Gasteiger partial charge in [-0.3, -0.25) is 0 Å². The van der Waals surface area contributed by atoms with Gasteiger partial charge < -0.3 is 0 Å². The summed E-state index contributed by atoms with van der Waals surface area (Å²) in [6.07, 6.45) is 9.51. The molecule has 16 heavy (non-hydrogen) atoms. The van der Waals surface area contributed by atoms with E-state index in [4.69, 9.17) is 0 Å². The van der Waals surface area contributed by atoms with Crippen LogP contribution in [-0.4, -0.2) is 0 Å². The molecular formula is C16H18. The van der Waals surface area contributed by atoms with Gasteiger partial charge in [0.2, 0.25) is 0 Å². The van der Waals surface area contributed by atoms with Crippen molar-refractivity contribution in [2.45, 2.75) is 26.2 Å². The Morgan fingerprint density at radius 2 is 2.19 bits per heavy atom. The second-order valence-electron chi connectivity index (χ2n) is 4.21. The second-order valence-corrected chi connectivity index (χ2v) is 4.21. The Labute approximate surface area is 97.3 Å². The molecule has 1 aromatic carbocycles. The first-order chi connectivity index (χ1) is 7.77. The van der Waals surface area contributed by atoms with E-state index in [1.807, 2.05) is 6.08 Å². The van der Waals surface area contributed by atoms with Crippen LogP contribution in [0.15, 0.2) is 36.9 Å². The number of hydrogen-bond donors (Lipinski definition) is 0. The van der Waals surface area contributed by atoms with Crippen molar-refractivity contribution in [1.82, 2.24) is 0 Å². The molecule has 0 N–H and O–H groups in total. The quantitative estimate of drug-likeness (QED) is 0.672. The molecule has 0 atom stereocenters. The van der Waals surface area contributed by atoms with Gasteiger partial charge in [-0.05, 0) is 46.4 Å². The summed E-state index contributed by atoms with van der Waals surface area (Å²) >= 11 is 0. The average molecular weight is 210 g/mol. The molecule has 0 heterocycles. The topological polar surface area (TPSA) is 0 Å². The highest BCUT2D eigenvalue weighted by atomic mass is 14.1. The van der Waals surface area contributed by atoms with E-state index in [1.165, 1.54) is 27.1 Å². The number of hydrogen-bond acceptors (Lipinski definition) is 0. The molecule has 2 rings (SSSR count). The van der Waals surface area contributed by atoms with Crippen LogP contribution in [0.25, 0.3) is 12.2 Å². The molecule has 0 unspecified atom stereocenters. The maximum absolute atomic E-state index is 4.12. The van der Waals surface area contributed by atoms with E-state index in [2.05, 4.69) is 44.4 Å². The van der Waals surface area contributed by atoms with Gasteiger partial charge in [-0.1, -0.05) is 43.9 Å². The highest BCUT2D eigenvalue weighted by molar-refractivity contribution is 5.62. The average Bonchev–Trinajstić information content (AvgIpc) is 2.29. The summed E-state index contributed by atoms with van der Waals surface area (Å²) < 4.78 is 0. The van der Waals surface area contributed by atoms with Crippen LogP contribution in [0.3, 0.4) is 0 Å². The predicted molar refractivity (Wildman–Crippen MR) is 71.7 cm³/mol. The highest BCUT2D eigenvalue weighted by Crippen LogP contribution is 2.13. The minimum Gasteiger partial charge on any atom is -0.103 e. The lowest BCUT2D eigenvalue weighted by Gasteiger charge is -2.14. The van der Waals surface area contributed by atoms with Gasteiger partial charge in [0.15, 0.2) is 0 Å². The van der Waals surface area contributed by atoms with Crippen molar-refractivity contribution < 1.29 is 0 Å². The van der Waals surface area contributed by atoms with Gasteiger partial charge in [0, 0.05) is 0 Å². The van der Waals surface area contributed by atoms with Crippen molar-refractivity contribution in [1.29, 1.82) is 0 Å². The fourth-order valence-corrected chi connectivity index (χ4v) is 2.46. The third-order valence-corrected chi connectivity index (χ3v) is 3.23. The zero-order valence-corrected chi connectivity index (χ0v) is 9.92. The van der Waals surface area contributed by atoms with Crippen molar-refractivity contribution in [3.8, 4) is 0 Å². The molecule has 0 spiro atoms. The zero-order valence-electron chi connectivity index (χ0n) is 9.92. The van der Waals surface area contributed by atoms with Crippen LogP contribution < -0.4 is 10.4 Å². The summed E-state index contributed by atoms with van der Waals surface area (Å²) in [5, 5.41) is 2.57. The monoisotopic (exact) mass is 210 g/mol. The molecule has 1 aliphatic rings. The van der Waals surface area contributed by atoms with Gasteiger partial charge in [0.05, 0.1) is 0 Å². The minimum atomic E-state index is 0.948. The summed E-state index contributed by atoms with van der Waals surface area (Å²) in [4.78, 5) is 0. The van der Waals surface area contributed by atoms with E-state index in [1.54, 1.807) is 0 Å². The van der Waals surface area contributed by atoms with Gasteiger partial charge in [-0.15, -0.1) is 6.58 Å². The SMILES string of the molecule is C=CCC1=c2ccc(=C)c(CC)c2CC=C1. The Morgan fingerprint density at radius 3 is 2.88 bits per heavy atom. The van der Waals surface area contributed by atoms with Crippen LogP contribution in [0.4, 0.5) is 0 Å². The first kappa shape index (κ1) is 10.9. The Bertz CT molecular complexity index is 544. The molecule has 0 aliphatic heterocycles. The fourth-order valence-electron chi connectivity index (χ4n) is 2.46. The van der Waals surface area contributed by atoms with Gasteiger partial charge in [-0.2, -0.15) is 0 Å². The molecule has 1 aliphatic carbocycles. The maximum Gasteiger partial charge on any atom is -0.00852 e. The number of rotatable bonds is 3. The molecule has 82 valence electrons. The molecule has 0 nitrogen and oxygen atoms in total. The van der Waals surface area contributed by atoms with E-state index in [9.17, 15) is 0 Å². The van der Waals surface area contributed by atoms with Crippen molar-refractivity contribution in [2.75, 3.05) is 0 Å². The fraction of sp³-hybridized carbons (Fsp3) is 0.250. The van der Waals surface area contributed by atoms with Crippen LogP contribution in [0, 0.1) is 0 Å². The van der Waals surface area contributed by atoms with Gasteiger partial charge in [-0.25, -0.2) is 0 Å². The molecule has 0 amide bonds. The second kappa shape index (κ2) is 4.52. The van der Waals surface area contributed by atoms with Gasteiger partial charge >= 0.3 is 0 Å². The normalized spacial score (nSPS) is 13.7. The molecule has 0 heteroatoms. The standard InChI is InChI=1S/C16H18/c1-4-7-13-8-6-9-16-14(5-2)12(3)10-11-15(13)16/h4,6,8,10-11H,1,3,5,7,9H2,2H3. The first-order valence-corrected chi connectivity index (χ1v) is 5.88. The third-order valence-electron chi connectivity index (χ3n) is 3.23.